The number of amidine groups is 1. The van der Waals surface area contributed by atoms with E-state index in [2.05, 4.69) is 10.1 Å². The normalized spacial score (nSPS) is 16.1. The fourth-order valence-electron chi connectivity index (χ4n) is 1.37. The van der Waals surface area contributed by atoms with E-state index < -0.39 is 0 Å². The van der Waals surface area contributed by atoms with Crippen LogP contribution < -0.4 is 0 Å². The molecule has 0 aromatic heterocycles. The molecule has 78 valence electrons. The zero-order valence-corrected chi connectivity index (χ0v) is 9.44. The van der Waals surface area contributed by atoms with Gasteiger partial charge in [0.05, 0.1) is 19.3 Å². The van der Waals surface area contributed by atoms with Gasteiger partial charge in [0.1, 0.15) is 0 Å². The van der Waals surface area contributed by atoms with E-state index in [1.54, 1.807) is 11.8 Å². The Bertz CT molecular complexity index is 373. The van der Waals surface area contributed by atoms with E-state index in [9.17, 15) is 0 Å². The van der Waals surface area contributed by atoms with Crippen molar-refractivity contribution in [3.63, 3.8) is 0 Å². The van der Waals surface area contributed by atoms with Crippen molar-refractivity contribution in [1.29, 1.82) is 0 Å². The average molecular weight is 219 g/mol. The third-order valence-corrected chi connectivity index (χ3v) is 2.81. The first-order valence-electron chi connectivity index (χ1n) is 4.85. The second-order valence-corrected chi connectivity index (χ2v) is 3.92. The van der Waals surface area contributed by atoms with Crippen molar-refractivity contribution in [3.05, 3.63) is 35.9 Å². The smallest absolute Gasteiger partial charge is 0.179 e. The predicted octanol–water partition coefficient (Wildman–Crippen LogP) is 2.06. The summed E-state index contributed by atoms with van der Waals surface area (Å²) in [5.41, 5.74) is 1.12. The van der Waals surface area contributed by atoms with Crippen molar-refractivity contribution in [2.45, 2.75) is 0 Å². The van der Waals surface area contributed by atoms with Crippen LogP contribution in [0.1, 0.15) is 5.56 Å². The second-order valence-electron chi connectivity index (χ2n) is 3.15. The highest BCUT2D eigenvalue weighted by atomic mass is 32.2. The van der Waals surface area contributed by atoms with Gasteiger partial charge >= 0.3 is 0 Å². The molecule has 4 heteroatoms. The molecule has 1 aliphatic heterocycles. The Balaban J connectivity index is 2.03. The van der Waals surface area contributed by atoms with Gasteiger partial charge in [0.15, 0.2) is 5.17 Å². The molecule has 1 aromatic rings. The molecule has 0 atom stereocenters. The molecule has 15 heavy (non-hydrogen) atoms. The lowest BCUT2D eigenvalue weighted by Gasteiger charge is -2.10. The lowest BCUT2D eigenvalue weighted by atomic mass is 10.2. The molecule has 0 saturated heterocycles. The number of aliphatic imine (C=N–C) groups is 1. The van der Waals surface area contributed by atoms with Crippen molar-refractivity contribution >= 4 is 23.1 Å². The number of thioether (sulfide) groups is 1. The van der Waals surface area contributed by atoms with Gasteiger partial charge in [0, 0.05) is 0 Å². The van der Waals surface area contributed by atoms with Crippen molar-refractivity contribution in [3.8, 4) is 0 Å². The van der Waals surface area contributed by atoms with Gasteiger partial charge in [-0.3, -0.25) is 4.99 Å². The molecular weight excluding hydrogens is 206 g/mol. The first-order chi connectivity index (χ1) is 7.40. The molecule has 1 aromatic carbocycles. The van der Waals surface area contributed by atoms with E-state index in [4.69, 9.17) is 0 Å². The average Bonchev–Trinajstić information content (AvgIpc) is 2.75. The third kappa shape index (κ3) is 2.59. The Kier molecular flexibility index (Phi) is 3.40. The lowest BCUT2D eigenvalue weighted by molar-refractivity contribution is 0.499. The summed E-state index contributed by atoms with van der Waals surface area (Å²) in [4.78, 5) is 4.34. The fourth-order valence-corrected chi connectivity index (χ4v) is 1.94. The molecule has 0 bridgehead atoms. The number of nitrogens with zero attached hydrogens (tertiary/aromatic N) is 3. The molecule has 0 fully saturated rings. The monoisotopic (exact) mass is 219 g/mol. The van der Waals surface area contributed by atoms with E-state index in [-0.39, 0.29) is 0 Å². The van der Waals surface area contributed by atoms with Crippen molar-refractivity contribution in [2.24, 2.45) is 10.1 Å². The van der Waals surface area contributed by atoms with Crippen LogP contribution >= 0.6 is 11.8 Å². The van der Waals surface area contributed by atoms with Gasteiger partial charge in [0.25, 0.3) is 0 Å². The van der Waals surface area contributed by atoms with E-state index >= 15 is 0 Å². The first kappa shape index (κ1) is 10.2. The standard InChI is InChI=1S/C11H13N3S/c1-15-11-12-7-8-14(11)13-9-10-5-3-2-4-6-10/h2-6,9H,7-8H2,1H3/b13-9+. The van der Waals surface area contributed by atoms with Crippen LogP contribution in [-0.4, -0.2) is 35.7 Å². The van der Waals surface area contributed by atoms with Crippen molar-refractivity contribution in [1.82, 2.24) is 5.01 Å². The van der Waals surface area contributed by atoms with Crippen LogP contribution in [0.5, 0.6) is 0 Å². The summed E-state index contributed by atoms with van der Waals surface area (Å²) < 4.78 is 0. The van der Waals surface area contributed by atoms with Crippen LogP contribution in [0.3, 0.4) is 0 Å². The number of rotatable bonds is 2. The van der Waals surface area contributed by atoms with Crippen LogP contribution in [-0.2, 0) is 0 Å². The molecule has 0 aliphatic carbocycles. The Labute approximate surface area is 93.9 Å². The number of hydrogen-bond donors (Lipinski definition) is 0. The predicted molar refractivity (Wildman–Crippen MR) is 66.6 cm³/mol. The molecule has 3 nitrogen and oxygen atoms in total. The minimum Gasteiger partial charge on any atom is -0.259 e. The van der Waals surface area contributed by atoms with Gasteiger partial charge in [-0.1, -0.05) is 42.1 Å². The summed E-state index contributed by atoms with van der Waals surface area (Å²) in [6.45, 7) is 1.74. The summed E-state index contributed by atoms with van der Waals surface area (Å²) >= 11 is 1.64. The van der Waals surface area contributed by atoms with Crippen molar-refractivity contribution < 1.29 is 0 Å². The van der Waals surface area contributed by atoms with Crippen molar-refractivity contribution in [2.75, 3.05) is 19.3 Å². The summed E-state index contributed by atoms with van der Waals surface area (Å²) in [7, 11) is 0. The van der Waals surface area contributed by atoms with Crippen LogP contribution in [0.15, 0.2) is 40.4 Å². The highest BCUT2D eigenvalue weighted by Crippen LogP contribution is 2.11. The van der Waals surface area contributed by atoms with Gasteiger partial charge in [-0.2, -0.15) is 5.10 Å². The van der Waals surface area contributed by atoms with Gasteiger partial charge in [-0.15, -0.1) is 0 Å². The molecule has 0 amide bonds. The number of hydrogen-bond acceptors (Lipinski definition) is 4. The maximum Gasteiger partial charge on any atom is 0.179 e. The Morgan fingerprint density at radius 3 is 2.93 bits per heavy atom. The second kappa shape index (κ2) is 4.98. The molecule has 0 unspecified atom stereocenters. The molecule has 2 rings (SSSR count). The van der Waals surface area contributed by atoms with Crippen LogP contribution in [0, 0.1) is 0 Å². The Morgan fingerprint density at radius 1 is 1.40 bits per heavy atom. The lowest BCUT2D eigenvalue weighted by Crippen LogP contribution is -2.19. The summed E-state index contributed by atoms with van der Waals surface area (Å²) in [5, 5.41) is 7.35. The Morgan fingerprint density at radius 2 is 2.20 bits per heavy atom. The Hall–Kier alpha value is -1.29. The minimum absolute atomic E-state index is 0.850. The molecule has 1 heterocycles. The summed E-state index contributed by atoms with van der Waals surface area (Å²) in [6, 6.07) is 10.1. The molecule has 0 saturated carbocycles. The number of hydrazone groups is 1. The molecular formula is C11H13N3S. The highest BCUT2D eigenvalue weighted by Gasteiger charge is 2.13. The maximum atomic E-state index is 4.40. The van der Waals surface area contributed by atoms with E-state index in [1.807, 2.05) is 47.8 Å². The van der Waals surface area contributed by atoms with Gasteiger partial charge in [0.2, 0.25) is 0 Å². The molecule has 0 radical (unpaired) electrons. The number of benzene rings is 1. The largest absolute Gasteiger partial charge is 0.259 e. The third-order valence-electron chi connectivity index (χ3n) is 2.11. The fraction of sp³-hybridized carbons (Fsp3) is 0.273. The summed E-state index contributed by atoms with van der Waals surface area (Å²) in [5.74, 6) is 0. The minimum atomic E-state index is 0.850. The highest BCUT2D eigenvalue weighted by molar-refractivity contribution is 8.13. The molecule has 0 spiro atoms. The van der Waals surface area contributed by atoms with Crippen LogP contribution in [0.2, 0.25) is 0 Å². The molecule has 0 N–H and O–H groups in total. The quantitative estimate of drug-likeness (QED) is 0.712. The summed E-state index contributed by atoms with van der Waals surface area (Å²) in [6.07, 6.45) is 3.90. The van der Waals surface area contributed by atoms with E-state index in [0.29, 0.717) is 0 Å². The van der Waals surface area contributed by atoms with E-state index in [0.717, 1.165) is 23.8 Å². The first-order valence-corrected chi connectivity index (χ1v) is 6.07. The maximum absolute atomic E-state index is 4.40. The topological polar surface area (TPSA) is 28.0 Å². The zero-order chi connectivity index (χ0) is 10.5. The van der Waals surface area contributed by atoms with Crippen LogP contribution in [0.4, 0.5) is 0 Å². The molecule has 1 aliphatic rings. The van der Waals surface area contributed by atoms with E-state index in [1.165, 1.54) is 0 Å². The van der Waals surface area contributed by atoms with Gasteiger partial charge in [-0.25, -0.2) is 5.01 Å². The van der Waals surface area contributed by atoms with Gasteiger partial charge < -0.3 is 0 Å². The SMILES string of the molecule is CSC1=NCCN1/N=C/c1ccccc1. The zero-order valence-electron chi connectivity index (χ0n) is 8.63. The van der Waals surface area contributed by atoms with Crippen LogP contribution in [0.25, 0.3) is 0 Å². The van der Waals surface area contributed by atoms with Gasteiger partial charge in [-0.05, 0) is 11.8 Å².